The van der Waals surface area contributed by atoms with Crippen LogP contribution < -0.4 is 0 Å². The van der Waals surface area contributed by atoms with E-state index in [1.807, 2.05) is 54.6 Å². The first-order valence-corrected chi connectivity index (χ1v) is 8.36. The number of hydrogen-bond donors (Lipinski definition) is 1. The summed E-state index contributed by atoms with van der Waals surface area (Å²) in [5.41, 5.74) is 3.01. The summed E-state index contributed by atoms with van der Waals surface area (Å²) in [5.74, 6) is -0.971. The minimum absolute atomic E-state index is 0.0625. The summed E-state index contributed by atoms with van der Waals surface area (Å²) < 4.78 is 5.15. The number of para-hydroxylation sites is 1. The number of benzene rings is 2. The Morgan fingerprint density at radius 1 is 0.963 bits per heavy atom. The molecule has 4 rings (SSSR count). The molecule has 132 valence electrons. The minimum atomic E-state index is -0.683. The summed E-state index contributed by atoms with van der Waals surface area (Å²) in [5, 5.41) is 0.789. The maximum Gasteiger partial charge on any atom is 0.358 e. The molecule has 0 unspecified atom stereocenters. The van der Waals surface area contributed by atoms with Crippen molar-refractivity contribution in [2.24, 2.45) is 0 Å². The molecule has 0 fully saturated rings. The number of esters is 1. The first kappa shape index (κ1) is 16.7. The monoisotopic (exact) mass is 357 g/mol. The van der Waals surface area contributed by atoms with E-state index in [0.29, 0.717) is 11.3 Å². The van der Waals surface area contributed by atoms with Crippen LogP contribution in [0.4, 0.5) is 0 Å². The smallest absolute Gasteiger partial charge is 0.358 e. The number of ether oxygens (including phenoxy) is 1. The van der Waals surface area contributed by atoms with E-state index in [-0.39, 0.29) is 18.1 Å². The average Bonchev–Trinajstić information content (AvgIpc) is 3.13. The lowest BCUT2D eigenvalue weighted by Gasteiger charge is -2.06. The van der Waals surface area contributed by atoms with Crippen molar-refractivity contribution in [1.29, 1.82) is 0 Å². The Labute approximate surface area is 154 Å². The molecule has 2 aromatic carbocycles. The third kappa shape index (κ3) is 3.32. The van der Waals surface area contributed by atoms with E-state index in [2.05, 4.69) is 15.0 Å². The van der Waals surface area contributed by atoms with E-state index in [9.17, 15) is 9.59 Å². The van der Waals surface area contributed by atoms with Gasteiger partial charge < -0.3 is 9.72 Å². The number of ketones is 1. The first-order chi connectivity index (χ1) is 13.2. The highest BCUT2D eigenvalue weighted by atomic mass is 16.5. The molecule has 0 saturated carbocycles. The summed E-state index contributed by atoms with van der Waals surface area (Å²) in [6.07, 6.45) is 4.15. The molecule has 27 heavy (non-hydrogen) atoms. The Morgan fingerprint density at radius 2 is 1.74 bits per heavy atom. The van der Waals surface area contributed by atoms with Crippen LogP contribution in [0.1, 0.15) is 20.8 Å². The zero-order chi connectivity index (χ0) is 18.6. The number of fused-ring (bicyclic) bond motifs is 1. The molecule has 0 spiro atoms. The van der Waals surface area contributed by atoms with Gasteiger partial charge in [-0.15, -0.1) is 0 Å². The number of carbonyl (C=O) groups is 2. The second kappa shape index (κ2) is 7.21. The zero-order valence-electron chi connectivity index (χ0n) is 14.3. The number of carbonyl (C=O) groups excluding carboxylic acids is 2. The van der Waals surface area contributed by atoms with Crippen LogP contribution >= 0.6 is 0 Å². The van der Waals surface area contributed by atoms with Gasteiger partial charge in [0.1, 0.15) is 0 Å². The van der Waals surface area contributed by atoms with Gasteiger partial charge in [0.05, 0.1) is 17.5 Å². The van der Waals surface area contributed by atoms with Crippen LogP contribution in [0.25, 0.3) is 22.2 Å². The second-order valence-corrected chi connectivity index (χ2v) is 5.88. The molecule has 6 heteroatoms. The van der Waals surface area contributed by atoms with Crippen LogP contribution in [0.5, 0.6) is 0 Å². The van der Waals surface area contributed by atoms with E-state index in [0.717, 1.165) is 16.5 Å². The molecule has 0 aliphatic carbocycles. The fourth-order valence-electron chi connectivity index (χ4n) is 2.93. The van der Waals surface area contributed by atoms with Crippen molar-refractivity contribution in [3.05, 3.63) is 84.4 Å². The number of aromatic amines is 1. The summed E-state index contributed by atoms with van der Waals surface area (Å²) in [6, 6.07) is 17.1. The van der Waals surface area contributed by atoms with Crippen molar-refractivity contribution in [2.75, 3.05) is 6.61 Å². The predicted octanol–water partition coefficient (Wildman–Crippen LogP) is 3.66. The fraction of sp³-hybridized carbons (Fsp3) is 0.0476. The number of rotatable bonds is 5. The molecule has 0 amide bonds. The Kier molecular flexibility index (Phi) is 4.45. The Bertz CT molecular complexity index is 1110. The largest absolute Gasteiger partial charge is 0.453 e. The van der Waals surface area contributed by atoms with Gasteiger partial charge in [-0.3, -0.25) is 9.78 Å². The average molecular weight is 357 g/mol. The summed E-state index contributed by atoms with van der Waals surface area (Å²) in [6.45, 7) is -0.378. The third-order valence-electron chi connectivity index (χ3n) is 4.15. The highest BCUT2D eigenvalue weighted by molar-refractivity contribution is 6.14. The highest BCUT2D eigenvalue weighted by Gasteiger charge is 2.21. The molecule has 2 aromatic heterocycles. The van der Waals surface area contributed by atoms with E-state index in [1.165, 1.54) is 18.6 Å². The number of nitrogens with one attached hydrogen (secondary N) is 1. The van der Waals surface area contributed by atoms with Gasteiger partial charge in [0.25, 0.3) is 0 Å². The second-order valence-electron chi connectivity index (χ2n) is 5.88. The standard InChI is InChI=1S/C21H15N3O3/c25-18(13-27-21(26)17-12-22-10-11-23-17)19-15-8-4-5-9-16(15)24-20(19)14-6-2-1-3-7-14/h1-12,24H,13H2. The van der Waals surface area contributed by atoms with Gasteiger partial charge in [0, 0.05) is 23.3 Å². The molecule has 0 bridgehead atoms. The van der Waals surface area contributed by atoms with Gasteiger partial charge in [0.2, 0.25) is 5.78 Å². The van der Waals surface area contributed by atoms with Gasteiger partial charge in [-0.05, 0) is 11.6 Å². The molecular weight excluding hydrogens is 342 g/mol. The molecule has 1 N–H and O–H groups in total. The number of nitrogens with zero attached hydrogens (tertiary/aromatic N) is 2. The Morgan fingerprint density at radius 3 is 2.52 bits per heavy atom. The topological polar surface area (TPSA) is 84.9 Å². The number of Topliss-reactive ketones (excluding diaryl/α,β-unsaturated/α-hetero) is 1. The molecule has 4 aromatic rings. The number of hydrogen-bond acceptors (Lipinski definition) is 5. The van der Waals surface area contributed by atoms with E-state index < -0.39 is 5.97 Å². The van der Waals surface area contributed by atoms with E-state index in [1.54, 1.807) is 0 Å². The summed E-state index contributed by atoms with van der Waals surface area (Å²) in [4.78, 5) is 36.0. The van der Waals surface area contributed by atoms with Crippen molar-refractivity contribution in [1.82, 2.24) is 15.0 Å². The van der Waals surface area contributed by atoms with Crippen molar-refractivity contribution < 1.29 is 14.3 Å². The SMILES string of the molecule is O=C(OCC(=O)c1c(-c2ccccc2)[nH]c2ccccc12)c1cnccn1. The fourth-order valence-corrected chi connectivity index (χ4v) is 2.93. The van der Waals surface area contributed by atoms with E-state index in [4.69, 9.17) is 4.74 Å². The normalized spacial score (nSPS) is 10.7. The van der Waals surface area contributed by atoms with Crippen molar-refractivity contribution in [3.63, 3.8) is 0 Å². The lowest BCUT2D eigenvalue weighted by Crippen LogP contribution is -2.15. The van der Waals surface area contributed by atoms with Crippen LogP contribution in [0.3, 0.4) is 0 Å². The first-order valence-electron chi connectivity index (χ1n) is 8.36. The van der Waals surface area contributed by atoms with Gasteiger partial charge >= 0.3 is 5.97 Å². The summed E-state index contributed by atoms with van der Waals surface area (Å²) >= 11 is 0. The quantitative estimate of drug-likeness (QED) is 0.435. The third-order valence-corrected chi connectivity index (χ3v) is 4.15. The molecule has 0 radical (unpaired) electrons. The van der Waals surface area contributed by atoms with Gasteiger partial charge in [-0.1, -0.05) is 48.5 Å². The van der Waals surface area contributed by atoms with Crippen LogP contribution in [0.2, 0.25) is 0 Å². The van der Waals surface area contributed by atoms with Gasteiger partial charge in [-0.2, -0.15) is 0 Å². The minimum Gasteiger partial charge on any atom is -0.453 e. The number of H-pyrrole nitrogens is 1. The highest BCUT2D eigenvalue weighted by Crippen LogP contribution is 2.30. The molecule has 0 aliphatic heterocycles. The number of aromatic nitrogens is 3. The van der Waals surface area contributed by atoms with Gasteiger partial charge in [0.15, 0.2) is 12.3 Å². The zero-order valence-corrected chi connectivity index (χ0v) is 14.3. The van der Waals surface area contributed by atoms with E-state index >= 15 is 0 Å². The summed E-state index contributed by atoms with van der Waals surface area (Å²) in [7, 11) is 0. The lowest BCUT2D eigenvalue weighted by atomic mass is 10.0. The molecule has 6 nitrogen and oxygen atoms in total. The van der Waals surface area contributed by atoms with Gasteiger partial charge in [-0.25, -0.2) is 9.78 Å². The molecular formula is C21H15N3O3. The Hall–Kier alpha value is -3.80. The molecule has 2 heterocycles. The molecule has 0 aliphatic rings. The molecule has 0 atom stereocenters. The molecule has 0 saturated heterocycles. The van der Waals surface area contributed by atoms with Crippen molar-refractivity contribution in [3.8, 4) is 11.3 Å². The van der Waals surface area contributed by atoms with Crippen LogP contribution in [-0.2, 0) is 4.74 Å². The maximum atomic E-state index is 12.9. The van der Waals surface area contributed by atoms with Crippen molar-refractivity contribution >= 4 is 22.7 Å². The lowest BCUT2D eigenvalue weighted by molar-refractivity contribution is 0.0469. The predicted molar refractivity (Wildman–Crippen MR) is 100 cm³/mol. The van der Waals surface area contributed by atoms with Crippen molar-refractivity contribution in [2.45, 2.75) is 0 Å². The van der Waals surface area contributed by atoms with Crippen LogP contribution in [0.15, 0.2) is 73.2 Å². The Balaban J connectivity index is 1.66. The van der Waals surface area contributed by atoms with Crippen LogP contribution in [0, 0.1) is 0 Å². The van der Waals surface area contributed by atoms with Crippen LogP contribution in [-0.4, -0.2) is 33.3 Å². The maximum absolute atomic E-state index is 12.9.